The maximum atomic E-state index is 12.5. The van der Waals surface area contributed by atoms with Gasteiger partial charge in [0, 0.05) is 31.9 Å². The Morgan fingerprint density at radius 2 is 1.84 bits per heavy atom. The molecule has 1 aromatic heterocycles. The molecule has 0 saturated heterocycles. The lowest BCUT2D eigenvalue weighted by Crippen LogP contribution is -2.42. The standard InChI is InChI=1S/C14H23F3N4O2S2/c1-13(2,3)25(22,23)8-7-20-12(18-4)19-6-5-11-21-10(9-24-11)14(15,16)17/h9H,5-8H2,1-4H3,(H2,18,19,20). The smallest absolute Gasteiger partial charge is 0.356 e. The fourth-order valence-electron chi connectivity index (χ4n) is 1.67. The summed E-state index contributed by atoms with van der Waals surface area (Å²) in [6.45, 7) is 5.43. The summed E-state index contributed by atoms with van der Waals surface area (Å²) in [5.74, 6) is 0.343. The van der Waals surface area contributed by atoms with E-state index in [0.29, 0.717) is 23.9 Å². The summed E-state index contributed by atoms with van der Waals surface area (Å²) in [4.78, 5) is 7.49. The number of nitrogens with zero attached hydrogens (tertiary/aromatic N) is 2. The van der Waals surface area contributed by atoms with Crippen LogP contribution in [0.1, 0.15) is 31.5 Å². The number of rotatable bonds is 6. The summed E-state index contributed by atoms with van der Waals surface area (Å²) < 4.78 is 60.6. The molecule has 0 saturated carbocycles. The summed E-state index contributed by atoms with van der Waals surface area (Å²) in [6, 6.07) is 0. The molecule has 0 atom stereocenters. The van der Waals surface area contributed by atoms with Crippen molar-refractivity contribution >= 4 is 27.1 Å². The Labute approximate surface area is 149 Å². The Bertz CT molecular complexity index is 692. The predicted octanol–water partition coefficient (Wildman–Crippen LogP) is 2.08. The van der Waals surface area contributed by atoms with Crippen LogP contribution in [0.5, 0.6) is 0 Å². The third-order valence-electron chi connectivity index (χ3n) is 3.29. The fourth-order valence-corrected chi connectivity index (χ4v) is 3.46. The van der Waals surface area contributed by atoms with E-state index >= 15 is 0 Å². The Hall–Kier alpha value is -1.36. The van der Waals surface area contributed by atoms with Crippen molar-refractivity contribution in [2.24, 2.45) is 4.99 Å². The van der Waals surface area contributed by atoms with Crippen molar-refractivity contribution in [2.75, 3.05) is 25.9 Å². The second-order valence-corrected chi connectivity index (χ2v) is 10.0. The van der Waals surface area contributed by atoms with Crippen molar-refractivity contribution in [3.8, 4) is 0 Å². The van der Waals surface area contributed by atoms with Crippen LogP contribution in [0, 0.1) is 0 Å². The lowest BCUT2D eigenvalue weighted by Gasteiger charge is -2.19. The van der Waals surface area contributed by atoms with Crippen LogP contribution in [0.3, 0.4) is 0 Å². The summed E-state index contributed by atoms with van der Waals surface area (Å²) in [5, 5.41) is 7.15. The highest BCUT2D eigenvalue weighted by atomic mass is 32.2. The van der Waals surface area contributed by atoms with Crippen molar-refractivity contribution in [2.45, 2.75) is 38.1 Å². The lowest BCUT2D eigenvalue weighted by atomic mass is 10.3. The molecule has 0 aliphatic rings. The van der Waals surface area contributed by atoms with Gasteiger partial charge in [-0.05, 0) is 20.8 Å². The molecule has 0 aliphatic heterocycles. The zero-order chi connectivity index (χ0) is 19.3. The van der Waals surface area contributed by atoms with Gasteiger partial charge in [0.15, 0.2) is 21.5 Å². The van der Waals surface area contributed by atoms with Gasteiger partial charge < -0.3 is 10.6 Å². The molecular weight excluding hydrogens is 377 g/mol. The van der Waals surface area contributed by atoms with Crippen molar-refractivity contribution in [3.05, 3.63) is 16.1 Å². The van der Waals surface area contributed by atoms with Crippen LogP contribution in [-0.2, 0) is 22.4 Å². The van der Waals surface area contributed by atoms with Gasteiger partial charge in [0.1, 0.15) is 0 Å². The first-order chi connectivity index (χ1) is 11.4. The molecule has 0 aromatic carbocycles. The van der Waals surface area contributed by atoms with E-state index in [1.54, 1.807) is 20.8 Å². The number of guanidine groups is 1. The summed E-state index contributed by atoms with van der Waals surface area (Å²) in [5.41, 5.74) is -0.887. The molecule has 0 bridgehead atoms. The van der Waals surface area contributed by atoms with Gasteiger partial charge in [0.25, 0.3) is 0 Å². The molecule has 0 unspecified atom stereocenters. The fraction of sp³-hybridized carbons (Fsp3) is 0.714. The quantitative estimate of drug-likeness (QED) is 0.564. The average molecular weight is 400 g/mol. The monoisotopic (exact) mass is 400 g/mol. The van der Waals surface area contributed by atoms with E-state index in [4.69, 9.17) is 0 Å². The molecule has 11 heteroatoms. The second-order valence-electron chi connectivity index (χ2n) is 6.23. The minimum atomic E-state index is -4.43. The number of nitrogens with one attached hydrogen (secondary N) is 2. The average Bonchev–Trinajstić information content (AvgIpc) is 2.93. The number of hydrogen-bond donors (Lipinski definition) is 2. The highest BCUT2D eigenvalue weighted by molar-refractivity contribution is 7.92. The molecule has 0 fully saturated rings. The molecule has 144 valence electrons. The number of aromatic nitrogens is 1. The first-order valence-electron chi connectivity index (χ1n) is 7.55. The SMILES string of the molecule is CN=C(NCCc1nc(C(F)(F)F)cs1)NCCS(=O)(=O)C(C)(C)C. The highest BCUT2D eigenvalue weighted by Gasteiger charge is 2.33. The maximum absolute atomic E-state index is 12.5. The molecule has 1 heterocycles. The van der Waals surface area contributed by atoms with Crippen LogP contribution in [0.2, 0.25) is 0 Å². The van der Waals surface area contributed by atoms with E-state index in [9.17, 15) is 21.6 Å². The van der Waals surface area contributed by atoms with E-state index in [-0.39, 0.29) is 12.3 Å². The van der Waals surface area contributed by atoms with Gasteiger partial charge in [-0.15, -0.1) is 11.3 Å². The largest absolute Gasteiger partial charge is 0.434 e. The van der Waals surface area contributed by atoms with E-state index in [1.165, 1.54) is 7.05 Å². The second kappa shape index (κ2) is 8.35. The normalized spacial score (nSPS) is 13.8. The lowest BCUT2D eigenvalue weighted by molar-refractivity contribution is -0.140. The summed E-state index contributed by atoms with van der Waals surface area (Å²) >= 11 is 0.949. The number of thiazole rings is 1. The van der Waals surface area contributed by atoms with Crippen molar-refractivity contribution in [1.82, 2.24) is 15.6 Å². The van der Waals surface area contributed by atoms with Gasteiger partial charge in [-0.3, -0.25) is 4.99 Å². The zero-order valence-corrected chi connectivity index (χ0v) is 16.2. The molecule has 6 nitrogen and oxygen atoms in total. The topological polar surface area (TPSA) is 83.4 Å². The van der Waals surface area contributed by atoms with Crippen LogP contribution in [0.4, 0.5) is 13.2 Å². The Morgan fingerprint density at radius 3 is 2.32 bits per heavy atom. The molecule has 1 rings (SSSR count). The predicted molar refractivity (Wildman–Crippen MR) is 93.7 cm³/mol. The van der Waals surface area contributed by atoms with Gasteiger partial charge in [-0.1, -0.05) is 0 Å². The van der Waals surface area contributed by atoms with E-state index in [1.807, 2.05) is 0 Å². The minimum absolute atomic E-state index is 0.0430. The van der Waals surface area contributed by atoms with Crippen LogP contribution in [0.15, 0.2) is 10.4 Å². The Morgan fingerprint density at radius 1 is 1.24 bits per heavy atom. The molecule has 0 amide bonds. The van der Waals surface area contributed by atoms with Gasteiger partial charge in [0.2, 0.25) is 0 Å². The number of halogens is 3. The number of aliphatic imine (C=N–C) groups is 1. The van der Waals surface area contributed by atoms with E-state index in [0.717, 1.165) is 16.7 Å². The third kappa shape index (κ3) is 6.81. The molecule has 0 radical (unpaired) electrons. The number of alkyl halides is 3. The summed E-state index contributed by atoms with van der Waals surface area (Å²) in [6.07, 6.45) is -4.12. The van der Waals surface area contributed by atoms with Gasteiger partial charge >= 0.3 is 6.18 Å². The molecule has 2 N–H and O–H groups in total. The third-order valence-corrected chi connectivity index (χ3v) is 6.81. The molecule has 0 aliphatic carbocycles. The van der Waals surface area contributed by atoms with Gasteiger partial charge in [-0.25, -0.2) is 13.4 Å². The van der Waals surface area contributed by atoms with Gasteiger partial charge in [-0.2, -0.15) is 13.2 Å². The molecule has 25 heavy (non-hydrogen) atoms. The molecule has 0 spiro atoms. The summed E-state index contributed by atoms with van der Waals surface area (Å²) in [7, 11) is -1.71. The van der Waals surface area contributed by atoms with Crippen molar-refractivity contribution in [1.29, 1.82) is 0 Å². The zero-order valence-electron chi connectivity index (χ0n) is 14.6. The van der Waals surface area contributed by atoms with E-state index in [2.05, 4.69) is 20.6 Å². The first kappa shape index (κ1) is 21.7. The maximum Gasteiger partial charge on any atom is 0.434 e. The van der Waals surface area contributed by atoms with E-state index < -0.39 is 26.5 Å². The number of sulfone groups is 1. The molecular formula is C14H23F3N4O2S2. The minimum Gasteiger partial charge on any atom is -0.356 e. The van der Waals surface area contributed by atoms with Crippen molar-refractivity contribution < 1.29 is 21.6 Å². The van der Waals surface area contributed by atoms with Gasteiger partial charge in [0.05, 0.1) is 15.5 Å². The highest BCUT2D eigenvalue weighted by Crippen LogP contribution is 2.29. The first-order valence-corrected chi connectivity index (χ1v) is 10.1. The van der Waals surface area contributed by atoms with Crippen molar-refractivity contribution in [3.63, 3.8) is 0 Å². The van der Waals surface area contributed by atoms with Crippen LogP contribution >= 0.6 is 11.3 Å². The molecule has 1 aromatic rings. The Balaban J connectivity index is 2.42. The Kier molecular flexibility index (Phi) is 7.24. The van der Waals surface area contributed by atoms with Crippen LogP contribution in [-0.4, -0.2) is 50.0 Å². The van der Waals surface area contributed by atoms with Crippen LogP contribution < -0.4 is 10.6 Å². The van der Waals surface area contributed by atoms with Crippen LogP contribution in [0.25, 0.3) is 0 Å². The number of hydrogen-bond acceptors (Lipinski definition) is 5.